The Morgan fingerprint density at radius 1 is 1.38 bits per heavy atom. The molecule has 21 heavy (non-hydrogen) atoms. The summed E-state index contributed by atoms with van der Waals surface area (Å²) in [6, 6.07) is 4.85. The van der Waals surface area contributed by atoms with E-state index in [4.69, 9.17) is 15.2 Å². The van der Waals surface area contributed by atoms with Gasteiger partial charge in [0, 0.05) is 19.2 Å². The topological polar surface area (TPSA) is 90.7 Å². The molecule has 2 rings (SSSR count). The van der Waals surface area contributed by atoms with E-state index < -0.39 is 10.0 Å². The van der Waals surface area contributed by atoms with Crippen LogP contribution in [0.25, 0.3) is 0 Å². The van der Waals surface area contributed by atoms with Crippen LogP contribution in [-0.4, -0.2) is 34.3 Å². The summed E-state index contributed by atoms with van der Waals surface area (Å²) in [5.74, 6) is 0.320. The maximum Gasteiger partial charge on any atom is 0.244 e. The number of hydrogen-bond acceptors (Lipinski definition) is 5. The molecule has 1 aromatic carbocycles. The molecule has 1 aliphatic rings. The maximum atomic E-state index is 12.5. The number of methoxy groups -OCH3 is 1. The molecule has 0 bridgehead atoms. The highest BCUT2D eigenvalue weighted by molar-refractivity contribution is 7.89. The Balaban J connectivity index is 2.12. The molecule has 1 saturated carbocycles. The number of rotatable bonds is 7. The van der Waals surface area contributed by atoms with E-state index in [0.29, 0.717) is 25.2 Å². The summed E-state index contributed by atoms with van der Waals surface area (Å²) >= 11 is 0. The maximum absolute atomic E-state index is 12.5. The predicted molar refractivity (Wildman–Crippen MR) is 79.6 cm³/mol. The normalized spacial score (nSPS) is 21.9. The molecule has 0 atom stereocenters. The van der Waals surface area contributed by atoms with E-state index in [0.717, 1.165) is 5.56 Å². The van der Waals surface area contributed by atoms with E-state index in [1.165, 1.54) is 7.11 Å². The van der Waals surface area contributed by atoms with Crippen LogP contribution in [0.1, 0.15) is 25.3 Å². The summed E-state index contributed by atoms with van der Waals surface area (Å²) in [7, 11) is -2.17. The molecule has 6 nitrogen and oxygen atoms in total. The lowest BCUT2D eigenvalue weighted by Crippen LogP contribution is -2.47. The van der Waals surface area contributed by atoms with Crippen LogP contribution in [0.4, 0.5) is 0 Å². The minimum atomic E-state index is -3.62. The molecule has 0 saturated heterocycles. The van der Waals surface area contributed by atoms with Gasteiger partial charge in [-0.3, -0.25) is 0 Å². The van der Waals surface area contributed by atoms with Crippen molar-refractivity contribution in [1.29, 1.82) is 0 Å². The van der Waals surface area contributed by atoms with Crippen LogP contribution in [-0.2, 0) is 21.3 Å². The zero-order valence-corrected chi connectivity index (χ0v) is 13.2. The van der Waals surface area contributed by atoms with Crippen LogP contribution in [0, 0.1) is 0 Å². The lowest BCUT2D eigenvalue weighted by molar-refractivity contribution is -0.00476. The Bertz CT molecular complexity index is 583. The first kappa shape index (κ1) is 16.2. The number of benzene rings is 1. The van der Waals surface area contributed by atoms with Crippen molar-refractivity contribution < 1.29 is 17.9 Å². The van der Waals surface area contributed by atoms with Gasteiger partial charge < -0.3 is 15.2 Å². The fraction of sp³-hybridized carbons (Fsp3) is 0.571. The van der Waals surface area contributed by atoms with Crippen molar-refractivity contribution in [2.45, 2.75) is 43.4 Å². The van der Waals surface area contributed by atoms with Crippen LogP contribution in [0.2, 0.25) is 0 Å². The van der Waals surface area contributed by atoms with Crippen molar-refractivity contribution >= 4 is 10.0 Å². The average molecular weight is 314 g/mol. The second kappa shape index (κ2) is 6.74. The zero-order valence-electron chi connectivity index (χ0n) is 12.3. The molecule has 0 aliphatic heterocycles. The van der Waals surface area contributed by atoms with Crippen molar-refractivity contribution in [3.63, 3.8) is 0 Å². The second-order valence-electron chi connectivity index (χ2n) is 5.06. The molecule has 7 heteroatoms. The van der Waals surface area contributed by atoms with Crippen LogP contribution < -0.4 is 15.2 Å². The molecule has 0 amide bonds. The van der Waals surface area contributed by atoms with E-state index >= 15 is 0 Å². The number of sulfonamides is 1. The Labute approximate surface area is 125 Å². The molecule has 0 aromatic heterocycles. The highest BCUT2D eigenvalue weighted by atomic mass is 32.2. The Hall–Kier alpha value is -1.15. The monoisotopic (exact) mass is 314 g/mol. The molecule has 1 aromatic rings. The lowest BCUT2D eigenvalue weighted by atomic mass is 9.90. The largest absolute Gasteiger partial charge is 0.495 e. The molecular formula is C14H22N2O4S. The molecule has 118 valence electrons. The van der Waals surface area contributed by atoms with Gasteiger partial charge in [-0.25, -0.2) is 13.1 Å². The van der Waals surface area contributed by atoms with Gasteiger partial charge in [0.15, 0.2) is 0 Å². The van der Waals surface area contributed by atoms with Crippen molar-refractivity contribution in [2.75, 3.05) is 13.7 Å². The highest BCUT2D eigenvalue weighted by Crippen LogP contribution is 2.28. The zero-order chi connectivity index (χ0) is 15.5. The fourth-order valence-electron chi connectivity index (χ4n) is 2.37. The van der Waals surface area contributed by atoms with E-state index in [2.05, 4.69) is 4.72 Å². The van der Waals surface area contributed by atoms with Gasteiger partial charge in [0.25, 0.3) is 0 Å². The van der Waals surface area contributed by atoms with Gasteiger partial charge in [-0.1, -0.05) is 6.07 Å². The number of nitrogens with two attached hydrogens (primary N) is 1. The highest BCUT2D eigenvalue weighted by Gasteiger charge is 2.34. The lowest BCUT2D eigenvalue weighted by Gasteiger charge is -2.35. The predicted octanol–water partition coefficient (Wildman–Crippen LogP) is 1.000. The van der Waals surface area contributed by atoms with Gasteiger partial charge in [-0.2, -0.15) is 0 Å². The van der Waals surface area contributed by atoms with Gasteiger partial charge >= 0.3 is 0 Å². The first-order valence-electron chi connectivity index (χ1n) is 7.01. The van der Waals surface area contributed by atoms with E-state index in [1.807, 2.05) is 6.92 Å². The summed E-state index contributed by atoms with van der Waals surface area (Å²) in [6.45, 7) is 2.86. The first-order chi connectivity index (χ1) is 10.00. The van der Waals surface area contributed by atoms with Gasteiger partial charge in [0.2, 0.25) is 10.0 Å². The third-order valence-electron chi connectivity index (χ3n) is 3.57. The minimum absolute atomic E-state index is 0.0854. The van der Waals surface area contributed by atoms with Crippen molar-refractivity contribution in [3.05, 3.63) is 23.8 Å². The smallest absolute Gasteiger partial charge is 0.244 e. The van der Waals surface area contributed by atoms with E-state index in [1.54, 1.807) is 18.2 Å². The standard InChI is InChI=1S/C14H22N2O4S/c1-3-20-12-7-11(8-12)16-21(17,18)14-6-10(9-15)4-5-13(14)19-2/h4-6,11-12,16H,3,7-9,15H2,1-2H3. The summed E-state index contributed by atoms with van der Waals surface area (Å²) in [5, 5.41) is 0. The van der Waals surface area contributed by atoms with Crippen molar-refractivity contribution in [1.82, 2.24) is 4.72 Å². The van der Waals surface area contributed by atoms with Gasteiger partial charge in [0.1, 0.15) is 10.6 Å². The summed E-state index contributed by atoms with van der Waals surface area (Å²) < 4.78 is 38.2. The van der Waals surface area contributed by atoms with Gasteiger partial charge in [-0.15, -0.1) is 0 Å². The summed E-state index contributed by atoms with van der Waals surface area (Å²) in [4.78, 5) is 0.132. The average Bonchev–Trinajstić information content (AvgIpc) is 2.44. The Morgan fingerprint density at radius 3 is 2.67 bits per heavy atom. The number of ether oxygens (including phenoxy) is 2. The summed E-state index contributed by atoms with van der Waals surface area (Å²) in [6.07, 6.45) is 1.55. The quantitative estimate of drug-likeness (QED) is 0.783. The molecule has 3 N–H and O–H groups in total. The van der Waals surface area contributed by atoms with Crippen molar-refractivity contribution in [2.24, 2.45) is 5.73 Å². The third-order valence-corrected chi connectivity index (χ3v) is 5.11. The number of hydrogen-bond donors (Lipinski definition) is 2. The Morgan fingerprint density at radius 2 is 2.10 bits per heavy atom. The fourth-order valence-corrected chi connectivity index (χ4v) is 3.86. The van der Waals surface area contributed by atoms with Crippen LogP contribution in [0.3, 0.4) is 0 Å². The molecule has 0 unspecified atom stereocenters. The second-order valence-corrected chi connectivity index (χ2v) is 6.74. The third kappa shape index (κ3) is 3.74. The molecule has 0 heterocycles. The van der Waals surface area contributed by atoms with Crippen molar-refractivity contribution in [3.8, 4) is 5.75 Å². The first-order valence-corrected chi connectivity index (χ1v) is 8.49. The van der Waals surface area contributed by atoms with Crippen LogP contribution in [0.5, 0.6) is 5.75 Å². The molecule has 0 radical (unpaired) electrons. The summed E-state index contributed by atoms with van der Waals surface area (Å²) in [5.41, 5.74) is 6.32. The molecule has 1 aliphatic carbocycles. The van der Waals surface area contributed by atoms with E-state index in [-0.39, 0.29) is 23.6 Å². The van der Waals surface area contributed by atoms with Crippen LogP contribution in [0.15, 0.2) is 23.1 Å². The van der Waals surface area contributed by atoms with Gasteiger partial charge in [0.05, 0.1) is 13.2 Å². The van der Waals surface area contributed by atoms with Crippen LogP contribution >= 0.6 is 0 Å². The molecular weight excluding hydrogens is 292 g/mol. The molecule has 0 spiro atoms. The Kier molecular flexibility index (Phi) is 5.21. The molecule has 1 fully saturated rings. The minimum Gasteiger partial charge on any atom is -0.495 e. The van der Waals surface area contributed by atoms with E-state index in [9.17, 15) is 8.42 Å². The van der Waals surface area contributed by atoms with Gasteiger partial charge in [-0.05, 0) is 37.5 Å². The number of nitrogens with one attached hydrogen (secondary N) is 1. The SMILES string of the molecule is CCOC1CC(NS(=O)(=O)c2cc(CN)ccc2OC)C1.